The van der Waals surface area contributed by atoms with Crippen LogP contribution in [0, 0.1) is 0 Å². The van der Waals surface area contributed by atoms with Crippen LogP contribution in [0.15, 0.2) is 48.8 Å². The van der Waals surface area contributed by atoms with Crippen molar-refractivity contribution >= 4 is 27.3 Å². The van der Waals surface area contributed by atoms with Gasteiger partial charge >= 0.3 is 0 Å². The van der Waals surface area contributed by atoms with E-state index in [1.54, 1.807) is 12.4 Å². The summed E-state index contributed by atoms with van der Waals surface area (Å²) in [6, 6.07) is 11.7. The first-order chi connectivity index (χ1) is 9.33. The fraction of sp³-hybridized carbons (Fsp3) is 0.133. The second-order valence-electron chi connectivity index (χ2n) is 4.27. The van der Waals surface area contributed by atoms with E-state index in [2.05, 4.69) is 9.97 Å². The smallest absolute Gasteiger partial charge is 0.191 e. The summed E-state index contributed by atoms with van der Waals surface area (Å²) in [6.07, 6.45) is 4.72. The van der Waals surface area contributed by atoms with Crippen LogP contribution in [0.1, 0.15) is 21.8 Å². The Morgan fingerprint density at radius 2 is 1.89 bits per heavy atom. The predicted octanol–water partition coefficient (Wildman–Crippen LogP) is 3.51. The predicted molar refractivity (Wildman–Crippen MR) is 76.5 cm³/mol. The largest absolute Gasteiger partial charge is 0.292 e. The van der Waals surface area contributed by atoms with E-state index in [0.717, 1.165) is 22.2 Å². The van der Waals surface area contributed by atoms with Gasteiger partial charge in [0.15, 0.2) is 10.8 Å². The molecular weight excluding hydrogens is 256 g/mol. The van der Waals surface area contributed by atoms with Crippen LogP contribution in [-0.4, -0.2) is 15.8 Å². The number of para-hydroxylation sites is 1. The van der Waals surface area contributed by atoms with Crippen LogP contribution in [0.5, 0.6) is 0 Å². The highest BCUT2D eigenvalue weighted by Gasteiger charge is 2.11. The molecule has 0 aliphatic heterocycles. The molecule has 0 N–H and O–H groups in total. The van der Waals surface area contributed by atoms with Crippen molar-refractivity contribution in [3.8, 4) is 0 Å². The molecule has 0 bridgehead atoms. The number of nitrogens with zero attached hydrogens (tertiary/aromatic N) is 2. The molecule has 0 fully saturated rings. The van der Waals surface area contributed by atoms with Gasteiger partial charge in [-0.15, -0.1) is 11.3 Å². The molecule has 1 aromatic carbocycles. The van der Waals surface area contributed by atoms with Crippen LogP contribution in [0.3, 0.4) is 0 Å². The summed E-state index contributed by atoms with van der Waals surface area (Å²) in [5.74, 6) is 0.109. The maximum absolute atomic E-state index is 12.1. The topological polar surface area (TPSA) is 42.9 Å². The molecule has 19 heavy (non-hydrogen) atoms. The number of carbonyl (C=O) groups is 1. The number of carbonyl (C=O) groups excluding carboxylic acids is 1. The van der Waals surface area contributed by atoms with Crippen molar-refractivity contribution in [1.82, 2.24) is 9.97 Å². The number of ketones is 1. The van der Waals surface area contributed by atoms with Gasteiger partial charge in [0.1, 0.15) is 0 Å². The maximum Gasteiger partial charge on any atom is 0.191 e. The summed E-state index contributed by atoms with van der Waals surface area (Å²) < 4.78 is 1.06. The van der Waals surface area contributed by atoms with E-state index < -0.39 is 0 Å². The van der Waals surface area contributed by atoms with E-state index in [4.69, 9.17) is 0 Å². The lowest BCUT2D eigenvalue weighted by Gasteiger charge is -1.98. The van der Waals surface area contributed by atoms with Gasteiger partial charge in [0.05, 0.1) is 10.2 Å². The summed E-state index contributed by atoms with van der Waals surface area (Å²) in [5.41, 5.74) is 2.03. The van der Waals surface area contributed by atoms with Crippen LogP contribution in [0.4, 0.5) is 0 Å². The Kier molecular flexibility index (Phi) is 3.33. The van der Waals surface area contributed by atoms with E-state index in [1.165, 1.54) is 11.3 Å². The molecule has 4 heteroatoms. The molecule has 0 aliphatic carbocycles. The third-order valence-corrected chi connectivity index (χ3v) is 4.00. The monoisotopic (exact) mass is 268 g/mol. The number of aryl methyl sites for hydroxylation is 1. The summed E-state index contributed by atoms with van der Waals surface area (Å²) in [4.78, 5) is 20.5. The van der Waals surface area contributed by atoms with Crippen molar-refractivity contribution in [2.24, 2.45) is 0 Å². The minimum absolute atomic E-state index is 0.109. The molecule has 0 spiro atoms. The Morgan fingerprint density at radius 1 is 1.11 bits per heavy atom. The normalized spacial score (nSPS) is 10.7. The lowest BCUT2D eigenvalue weighted by atomic mass is 10.1. The average Bonchev–Trinajstić information content (AvgIpc) is 2.90. The molecule has 0 saturated heterocycles. The molecule has 0 aliphatic rings. The molecule has 3 rings (SSSR count). The van der Waals surface area contributed by atoms with Gasteiger partial charge in [-0.25, -0.2) is 4.98 Å². The first-order valence-electron chi connectivity index (χ1n) is 6.10. The fourth-order valence-corrected chi connectivity index (χ4v) is 2.84. The first-order valence-corrected chi connectivity index (χ1v) is 6.92. The van der Waals surface area contributed by atoms with Gasteiger partial charge < -0.3 is 0 Å². The van der Waals surface area contributed by atoms with E-state index in [9.17, 15) is 4.79 Å². The second kappa shape index (κ2) is 5.28. The molecule has 0 amide bonds. The molecule has 0 unspecified atom stereocenters. The van der Waals surface area contributed by atoms with Crippen LogP contribution in [0.25, 0.3) is 10.2 Å². The highest BCUT2D eigenvalue weighted by molar-refractivity contribution is 7.20. The molecular formula is C15H12N2OS. The van der Waals surface area contributed by atoms with Gasteiger partial charge in [-0.1, -0.05) is 12.1 Å². The van der Waals surface area contributed by atoms with Gasteiger partial charge in [-0.05, 0) is 36.2 Å². The number of benzene rings is 1. The molecule has 0 radical (unpaired) electrons. The van der Waals surface area contributed by atoms with Crippen LogP contribution in [-0.2, 0) is 6.42 Å². The standard InChI is InChI=1S/C15H12N2OS/c18-13(6-5-11-7-9-16-10-8-11)15-17-12-3-1-2-4-14(12)19-15/h1-4,7-10H,5-6H2. The number of Topliss-reactive ketones (excluding diaryl/α,β-unsaturated/α-hetero) is 1. The first kappa shape index (κ1) is 12.0. The Hall–Kier alpha value is -2.07. The third kappa shape index (κ3) is 2.69. The van der Waals surface area contributed by atoms with Crippen molar-refractivity contribution in [3.05, 3.63) is 59.4 Å². The van der Waals surface area contributed by atoms with E-state index >= 15 is 0 Å². The molecule has 2 aromatic heterocycles. The second-order valence-corrected chi connectivity index (χ2v) is 5.30. The quantitative estimate of drug-likeness (QED) is 0.680. The number of fused-ring (bicyclic) bond motifs is 1. The van der Waals surface area contributed by atoms with Crippen molar-refractivity contribution in [2.75, 3.05) is 0 Å². The van der Waals surface area contributed by atoms with Crippen molar-refractivity contribution in [3.63, 3.8) is 0 Å². The van der Waals surface area contributed by atoms with Gasteiger partial charge in [-0.2, -0.15) is 0 Å². The Labute approximate surface area is 115 Å². The highest BCUT2D eigenvalue weighted by atomic mass is 32.1. The van der Waals surface area contributed by atoms with Crippen molar-refractivity contribution in [1.29, 1.82) is 0 Å². The van der Waals surface area contributed by atoms with Gasteiger partial charge in [0.25, 0.3) is 0 Å². The van der Waals surface area contributed by atoms with Crippen LogP contribution >= 0.6 is 11.3 Å². The zero-order valence-electron chi connectivity index (χ0n) is 10.2. The summed E-state index contributed by atoms with van der Waals surface area (Å²) in [6.45, 7) is 0. The summed E-state index contributed by atoms with van der Waals surface area (Å²) in [7, 11) is 0. The number of hydrogen-bond donors (Lipinski definition) is 0. The Balaban J connectivity index is 1.73. The lowest BCUT2D eigenvalue weighted by Crippen LogP contribution is -2.00. The average molecular weight is 268 g/mol. The molecule has 3 aromatic rings. The van der Waals surface area contributed by atoms with Gasteiger partial charge in [0.2, 0.25) is 0 Å². The van der Waals surface area contributed by atoms with Crippen LogP contribution < -0.4 is 0 Å². The van der Waals surface area contributed by atoms with E-state index in [0.29, 0.717) is 11.4 Å². The van der Waals surface area contributed by atoms with Crippen molar-refractivity contribution < 1.29 is 4.79 Å². The highest BCUT2D eigenvalue weighted by Crippen LogP contribution is 2.22. The lowest BCUT2D eigenvalue weighted by molar-refractivity contribution is 0.0982. The number of hydrogen-bond acceptors (Lipinski definition) is 4. The Bertz CT molecular complexity index is 673. The third-order valence-electron chi connectivity index (χ3n) is 2.92. The van der Waals surface area contributed by atoms with Crippen LogP contribution in [0.2, 0.25) is 0 Å². The summed E-state index contributed by atoms with van der Waals surface area (Å²) >= 11 is 1.47. The minimum Gasteiger partial charge on any atom is -0.292 e. The van der Waals surface area contributed by atoms with E-state index in [1.807, 2.05) is 36.4 Å². The molecule has 3 nitrogen and oxygen atoms in total. The number of aromatic nitrogens is 2. The zero-order valence-corrected chi connectivity index (χ0v) is 11.1. The van der Waals surface area contributed by atoms with E-state index in [-0.39, 0.29) is 5.78 Å². The molecule has 0 saturated carbocycles. The maximum atomic E-state index is 12.1. The zero-order chi connectivity index (χ0) is 13.1. The summed E-state index contributed by atoms with van der Waals surface area (Å²) in [5, 5.41) is 0.607. The molecule has 0 atom stereocenters. The molecule has 94 valence electrons. The molecule has 2 heterocycles. The number of rotatable bonds is 4. The Morgan fingerprint density at radius 3 is 2.68 bits per heavy atom. The van der Waals surface area contributed by atoms with Gasteiger partial charge in [-0.3, -0.25) is 9.78 Å². The van der Waals surface area contributed by atoms with Crippen molar-refractivity contribution in [2.45, 2.75) is 12.8 Å². The SMILES string of the molecule is O=C(CCc1ccncc1)c1nc2ccccc2s1. The number of thiazole rings is 1. The minimum atomic E-state index is 0.109. The van der Waals surface area contributed by atoms with Gasteiger partial charge in [0, 0.05) is 18.8 Å². The fourth-order valence-electron chi connectivity index (χ4n) is 1.91. The number of pyridine rings is 1.